The van der Waals surface area contributed by atoms with Crippen molar-refractivity contribution in [1.29, 1.82) is 0 Å². The van der Waals surface area contributed by atoms with E-state index in [9.17, 15) is 9.59 Å². The van der Waals surface area contributed by atoms with E-state index in [2.05, 4.69) is 16.0 Å². The van der Waals surface area contributed by atoms with Crippen molar-refractivity contribution in [3.05, 3.63) is 24.3 Å². The first kappa shape index (κ1) is 16.5. The normalized spacial score (nSPS) is 21.0. The van der Waals surface area contributed by atoms with Crippen LogP contribution in [0.1, 0.15) is 0 Å². The van der Waals surface area contributed by atoms with Gasteiger partial charge in [-0.2, -0.15) is 0 Å². The first-order chi connectivity index (χ1) is 10.2. The number of rotatable bonds is 3. The van der Waals surface area contributed by atoms with Gasteiger partial charge in [0.1, 0.15) is 6.04 Å². The average molecular weight is 327 g/mol. The number of hydrogen-bond donors (Lipinski definition) is 3. The number of ether oxygens (including phenoxy) is 1. The predicted molar refractivity (Wildman–Crippen MR) is 85.7 cm³/mol. The van der Waals surface area contributed by atoms with Crippen LogP contribution in [0.3, 0.4) is 0 Å². The van der Waals surface area contributed by atoms with Crippen LogP contribution >= 0.6 is 12.4 Å². The maximum atomic E-state index is 12.1. The van der Waals surface area contributed by atoms with Crippen molar-refractivity contribution in [2.75, 3.05) is 43.1 Å². The van der Waals surface area contributed by atoms with Crippen LogP contribution < -0.4 is 20.9 Å². The van der Waals surface area contributed by atoms with Gasteiger partial charge in [-0.15, -0.1) is 12.4 Å². The molecule has 2 saturated heterocycles. The zero-order chi connectivity index (χ0) is 14.7. The molecular formula is C14H19ClN4O3. The van der Waals surface area contributed by atoms with Crippen molar-refractivity contribution in [2.24, 2.45) is 0 Å². The summed E-state index contributed by atoms with van der Waals surface area (Å²) in [4.78, 5) is 25.4. The summed E-state index contributed by atoms with van der Waals surface area (Å²) in [5, 5.41) is 8.71. The number of benzene rings is 1. The van der Waals surface area contributed by atoms with Crippen LogP contribution in [0.5, 0.6) is 0 Å². The van der Waals surface area contributed by atoms with E-state index >= 15 is 0 Å². The molecule has 0 aliphatic carbocycles. The molecule has 3 N–H and O–H groups in total. The Hall–Kier alpha value is -1.83. The van der Waals surface area contributed by atoms with Gasteiger partial charge in [-0.25, -0.2) is 4.79 Å². The zero-order valence-electron chi connectivity index (χ0n) is 12.0. The van der Waals surface area contributed by atoms with Crippen molar-refractivity contribution >= 4 is 35.7 Å². The van der Waals surface area contributed by atoms with Gasteiger partial charge in [0.05, 0.1) is 13.2 Å². The van der Waals surface area contributed by atoms with Crippen LogP contribution in [-0.4, -0.2) is 50.8 Å². The predicted octanol–water partition coefficient (Wildman–Crippen LogP) is 0.565. The smallest absolute Gasteiger partial charge is 0.321 e. The molecule has 1 atom stereocenters. The Morgan fingerprint density at radius 2 is 2.23 bits per heavy atom. The molecule has 120 valence electrons. The van der Waals surface area contributed by atoms with E-state index in [0.29, 0.717) is 38.5 Å². The largest absolute Gasteiger partial charge is 0.378 e. The van der Waals surface area contributed by atoms with E-state index in [4.69, 9.17) is 4.74 Å². The molecule has 1 unspecified atom stereocenters. The Morgan fingerprint density at radius 1 is 1.36 bits per heavy atom. The minimum atomic E-state index is -0.336. The number of amides is 3. The number of carbonyl (C=O) groups excluding carboxylic acids is 2. The fraction of sp³-hybridized carbons (Fsp3) is 0.429. The summed E-state index contributed by atoms with van der Waals surface area (Å²) in [6, 6.07) is 6.83. The lowest BCUT2D eigenvalue weighted by Crippen LogP contribution is -2.48. The summed E-state index contributed by atoms with van der Waals surface area (Å²) in [7, 11) is 0. The number of halogens is 1. The highest BCUT2D eigenvalue weighted by molar-refractivity contribution is 5.97. The second kappa shape index (κ2) is 7.44. The summed E-state index contributed by atoms with van der Waals surface area (Å²) in [5.41, 5.74) is 1.44. The van der Waals surface area contributed by atoms with Crippen molar-refractivity contribution in [3.8, 4) is 0 Å². The molecule has 2 heterocycles. The summed E-state index contributed by atoms with van der Waals surface area (Å²) < 4.78 is 5.28. The fourth-order valence-electron chi connectivity index (χ4n) is 2.43. The second-order valence-corrected chi connectivity index (χ2v) is 5.00. The fourth-order valence-corrected chi connectivity index (χ4v) is 2.43. The minimum absolute atomic E-state index is 0. The number of nitrogens with one attached hydrogen (secondary N) is 3. The maximum Gasteiger partial charge on any atom is 0.321 e. The number of nitrogens with zero attached hydrogens (tertiary/aromatic N) is 1. The van der Waals surface area contributed by atoms with Gasteiger partial charge in [0.25, 0.3) is 0 Å². The second-order valence-electron chi connectivity index (χ2n) is 5.00. The number of anilines is 2. The Balaban J connectivity index is 0.00000176. The number of morpholine rings is 1. The summed E-state index contributed by atoms with van der Waals surface area (Å²) in [6.07, 6.45) is 0. The number of urea groups is 1. The molecule has 2 aliphatic heterocycles. The van der Waals surface area contributed by atoms with E-state index in [1.807, 2.05) is 12.1 Å². The van der Waals surface area contributed by atoms with E-state index in [1.54, 1.807) is 17.0 Å². The van der Waals surface area contributed by atoms with Crippen molar-refractivity contribution in [3.63, 3.8) is 0 Å². The molecule has 0 bridgehead atoms. The highest BCUT2D eigenvalue weighted by Gasteiger charge is 2.23. The first-order valence-electron chi connectivity index (χ1n) is 7.01. The van der Waals surface area contributed by atoms with Gasteiger partial charge in [-0.1, -0.05) is 6.07 Å². The van der Waals surface area contributed by atoms with Crippen LogP contribution in [0, 0.1) is 0 Å². The molecule has 2 fully saturated rings. The van der Waals surface area contributed by atoms with E-state index < -0.39 is 0 Å². The van der Waals surface area contributed by atoms with Crippen LogP contribution in [0.4, 0.5) is 16.2 Å². The maximum absolute atomic E-state index is 12.1. The molecule has 2 aliphatic rings. The van der Waals surface area contributed by atoms with Gasteiger partial charge in [0.2, 0.25) is 5.91 Å². The van der Waals surface area contributed by atoms with Crippen LogP contribution in [0.15, 0.2) is 24.3 Å². The van der Waals surface area contributed by atoms with Gasteiger partial charge in [0, 0.05) is 31.0 Å². The molecule has 0 radical (unpaired) electrons. The molecule has 7 nitrogen and oxygen atoms in total. The lowest BCUT2D eigenvalue weighted by atomic mass is 10.2. The van der Waals surface area contributed by atoms with Gasteiger partial charge in [-0.3, -0.25) is 9.69 Å². The molecule has 22 heavy (non-hydrogen) atoms. The lowest BCUT2D eigenvalue weighted by molar-refractivity contribution is -0.120. The first-order valence-corrected chi connectivity index (χ1v) is 7.01. The van der Waals surface area contributed by atoms with Crippen molar-refractivity contribution < 1.29 is 14.3 Å². The van der Waals surface area contributed by atoms with E-state index in [1.165, 1.54) is 0 Å². The quantitative estimate of drug-likeness (QED) is 0.758. The molecule has 3 amide bonds. The molecule has 1 aromatic rings. The Morgan fingerprint density at radius 3 is 2.91 bits per heavy atom. The molecule has 8 heteroatoms. The Kier molecular flexibility index (Phi) is 5.59. The summed E-state index contributed by atoms with van der Waals surface area (Å²) in [6.45, 7) is 2.95. The van der Waals surface area contributed by atoms with Gasteiger partial charge in [-0.05, 0) is 18.2 Å². The average Bonchev–Trinajstić information content (AvgIpc) is 2.94. The SMILES string of the molecule is Cl.O=C(Nc1cccc(N2CCNC2=O)c1)C1COCCN1. The Labute approximate surface area is 134 Å². The lowest BCUT2D eigenvalue weighted by Gasteiger charge is -2.23. The van der Waals surface area contributed by atoms with Crippen LogP contribution in [0.2, 0.25) is 0 Å². The molecular weight excluding hydrogens is 308 g/mol. The van der Waals surface area contributed by atoms with Crippen LogP contribution in [-0.2, 0) is 9.53 Å². The van der Waals surface area contributed by atoms with E-state index in [-0.39, 0.29) is 30.4 Å². The third-order valence-corrected chi connectivity index (χ3v) is 3.52. The van der Waals surface area contributed by atoms with E-state index in [0.717, 1.165) is 5.69 Å². The van der Waals surface area contributed by atoms with Crippen molar-refractivity contribution in [1.82, 2.24) is 10.6 Å². The zero-order valence-corrected chi connectivity index (χ0v) is 12.8. The highest BCUT2D eigenvalue weighted by Crippen LogP contribution is 2.21. The van der Waals surface area contributed by atoms with Crippen LogP contribution in [0.25, 0.3) is 0 Å². The molecule has 3 rings (SSSR count). The number of hydrogen-bond acceptors (Lipinski definition) is 4. The van der Waals surface area contributed by atoms with Gasteiger partial charge in [0.15, 0.2) is 0 Å². The van der Waals surface area contributed by atoms with Gasteiger partial charge < -0.3 is 20.7 Å². The summed E-state index contributed by atoms with van der Waals surface area (Å²) in [5.74, 6) is -0.127. The monoisotopic (exact) mass is 326 g/mol. The minimum Gasteiger partial charge on any atom is -0.378 e. The highest BCUT2D eigenvalue weighted by atomic mass is 35.5. The molecule has 1 aromatic carbocycles. The molecule has 0 spiro atoms. The molecule has 0 saturated carbocycles. The van der Waals surface area contributed by atoms with Gasteiger partial charge >= 0.3 is 6.03 Å². The Bertz CT molecular complexity index is 549. The third kappa shape index (κ3) is 3.68. The standard InChI is InChI=1S/C14H18N4O3.ClH/c19-13(12-9-21-7-5-15-12)17-10-2-1-3-11(8-10)18-6-4-16-14(18)20;/h1-3,8,12,15H,4-7,9H2,(H,16,20)(H,17,19);1H. The number of carbonyl (C=O) groups is 2. The third-order valence-electron chi connectivity index (χ3n) is 3.52. The topological polar surface area (TPSA) is 82.7 Å². The van der Waals surface area contributed by atoms with Crippen molar-refractivity contribution in [2.45, 2.75) is 6.04 Å². The summed E-state index contributed by atoms with van der Waals surface area (Å²) >= 11 is 0. The molecule has 0 aromatic heterocycles.